The predicted molar refractivity (Wildman–Crippen MR) is 90.5 cm³/mol. The summed E-state index contributed by atoms with van der Waals surface area (Å²) in [7, 11) is 2.21. The Balaban J connectivity index is 3.00. The first-order chi connectivity index (χ1) is 9.29. The van der Waals surface area contributed by atoms with E-state index in [4.69, 9.17) is 0 Å². The topological polar surface area (TPSA) is 15.3 Å². The number of hydrogen-bond donors (Lipinski definition) is 1. The van der Waals surface area contributed by atoms with Crippen molar-refractivity contribution in [3.05, 3.63) is 29.8 Å². The smallest absolute Gasteiger partial charge is 0.0414 e. The summed E-state index contributed by atoms with van der Waals surface area (Å²) in [5.74, 6) is 0. The Labute approximate surface area is 125 Å². The minimum absolute atomic E-state index is 0.266. The van der Waals surface area contributed by atoms with Crippen LogP contribution in [0.25, 0.3) is 0 Å². The maximum absolute atomic E-state index is 3.59. The van der Waals surface area contributed by atoms with E-state index in [1.54, 1.807) is 0 Å². The molecule has 0 saturated carbocycles. The highest BCUT2D eigenvalue weighted by Crippen LogP contribution is 2.31. The molecule has 0 bridgehead atoms. The standard InChI is InChI=1S/C18H32N2/c1-8-13-19-14(2)16-11-9-10-12-17(16)20(7)15(3)18(4,5)6/h9-12,14-15,19H,8,13H2,1-7H3. The van der Waals surface area contributed by atoms with E-state index in [-0.39, 0.29) is 5.41 Å². The fraction of sp³-hybridized carbons (Fsp3) is 0.667. The minimum atomic E-state index is 0.266. The van der Waals surface area contributed by atoms with Crippen LogP contribution in [0.5, 0.6) is 0 Å². The van der Waals surface area contributed by atoms with E-state index in [2.05, 4.69) is 83.1 Å². The quantitative estimate of drug-likeness (QED) is 0.815. The number of para-hydroxylation sites is 1. The first-order valence-electron chi connectivity index (χ1n) is 7.84. The lowest BCUT2D eigenvalue weighted by atomic mass is 9.86. The number of nitrogens with zero attached hydrogens (tertiary/aromatic N) is 1. The second kappa shape index (κ2) is 7.12. The molecule has 0 heterocycles. The zero-order valence-corrected chi connectivity index (χ0v) is 14.3. The van der Waals surface area contributed by atoms with Crippen LogP contribution in [0.2, 0.25) is 0 Å². The van der Waals surface area contributed by atoms with Gasteiger partial charge >= 0.3 is 0 Å². The third kappa shape index (κ3) is 4.24. The second-order valence-corrected chi connectivity index (χ2v) is 6.89. The molecule has 0 aliphatic rings. The van der Waals surface area contributed by atoms with Crippen molar-refractivity contribution in [2.75, 3.05) is 18.5 Å². The second-order valence-electron chi connectivity index (χ2n) is 6.89. The molecule has 1 aromatic carbocycles. The highest BCUT2D eigenvalue weighted by atomic mass is 15.1. The van der Waals surface area contributed by atoms with E-state index in [0.717, 1.165) is 6.54 Å². The number of benzene rings is 1. The molecule has 0 fully saturated rings. The van der Waals surface area contributed by atoms with Crippen LogP contribution >= 0.6 is 0 Å². The highest BCUT2D eigenvalue weighted by molar-refractivity contribution is 5.55. The molecule has 2 atom stereocenters. The normalized spacial score (nSPS) is 14.9. The lowest BCUT2D eigenvalue weighted by Crippen LogP contribution is -2.40. The average Bonchev–Trinajstić information content (AvgIpc) is 2.42. The summed E-state index contributed by atoms with van der Waals surface area (Å²) in [6, 6.07) is 9.63. The molecule has 0 aromatic heterocycles. The molecule has 0 spiro atoms. The van der Waals surface area contributed by atoms with Gasteiger partial charge in [-0.15, -0.1) is 0 Å². The Morgan fingerprint density at radius 2 is 1.75 bits per heavy atom. The van der Waals surface area contributed by atoms with Crippen molar-refractivity contribution in [3.63, 3.8) is 0 Å². The fourth-order valence-corrected chi connectivity index (χ4v) is 2.44. The first kappa shape index (κ1) is 17.0. The van der Waals surface area contributed by atoms with Crippen molar-refractivity contribution in [2.45, 2.75) is 60.0 Å². The lowest BCUT2D eigenvalue weighted by molar-refractivity contribution is 0.329. The zero-order chi connectivity index (χ0) is 15.3. The van der Waals surface area contributed by atoms with E-state index in [1.807, 2.05) is 0 Å². The Hall–Kier alpha value is -1.02. The molecule has 20 heavy (non-hydrogen) atoms. The van der Waals surface area contributed by atoms with Crippen LogP contribution in [0.15, 0.2) is 24.3 Å². The third-order valence-electron chi connectivity index (χ3n) is 4.32. The SMILES string of the molecule is CCCNC(C)c1ccccc1N(C)C(C)C(C)(C)C. The van der Waals surface area contributed by atoms with Crippen molar-refractivity contribution < 1.29 is 0 Å². The Bertz CT molecular complexity index is 406. The number of hydrogen-bond acceptors (Lipinski definition) is 2. The summed E-state index contributed by atoms with van der Waals surface area (Å²) in [5.41, 5.74) is 2.99. The Morgan fingerprint density at radius 1 is 1.15 bits per heavy atom. The van der Waals surface area contributed by atoms with Gasteiger partial charge in [0.05, 0.1) is 0 Å². The predicted octanol–water partition coefficient (Wildman–Crippen LogP) is 4.62. The highest BCUT2D eigenvalue weighted by Gasteiger charge is 2.25. The van der Waals surface area contributed by atoms with E-state index in [1.165, 1.54) is 17.7 Å². The summed E-state index contributed by atoms with van der Waals surface area (Å²) in [6.45, 7) is 14.7. The average molecular weight is 276 g/mol. The van der Waals surface area contributed by atoms with Crippen molar-refractivity contribution in [1.82, 2.24) is 5.32 Å². The van der Waals surface area contributed by atoms with Gasteiger partial charge in [-0.3, -0.25) is 0 Å². The Kier molecular flexibility index (Phi) is 6.07. The molecule has 1 aromatic rings. The van der Waals surface area contributed by atoms with Crippen LogP contribution in [-0.2, 0) is 0 Å². The molecule has 1 N–H and O–H groups in total. The van der Waals surface area contributed by atoms with Gasteiger partial charge in [-0.1, -0.05) is 45.9 Å². The molecule has 2 heteroatoms. The summed E-state index contributed by atoms with van der Waals surface area (Å²) in [5, 5.41) is 3.59. The number of nitrogens with one attached hydrogen (secondary N) is 1. The van der Waals surface area contributed by atoms with Gasteiger partial charge in [0.25, 0.3) is 0 Å². The molecule has 0 aliphatic heterocycles. The molecule has 0 aliphatic carbocycles. The van der Waals surface area contributed by atoms with Gasteiger partial charge in [0.15, 0.2) is 0 Å². The number of anilines is 1. The van der Waals surface area contributed by atoms with Crippen LogP contribution < -0.4 is 10.2 Å². The number of rotatable bonds is 6. The van der Waals surface area contributed by atoms with Gasteiger partial charge in [0, 0.05) is 24.8 Å². The fourth-order valence-electron chi connectivity index (χ4n) is 2.44. The molecular weight excluding hydrogens is 244 g/mol. The van der Waals surface area contributed by atoms with E-state index < -0.39 is 0 Å². The first-order valence-corrected chi connectivity index (χ1v) is 7.84. The summed E-state index contributed by atoms with van der Waals surface area (Å²) >= 11 is 0. The van der Waals surface area contributed by atoms with Crippen molar-refractivity contribution >= 4 is 5.69 Å². The molecule has 0 radical (unpaired) electrons. The summed E-state index contributed by atoms with van der Waals surface area (Å²) in [4.78, 5) is 2.42. The van der Waals surface area contributed by atoms with Crippen LogP contribution in [0, 0.1) is 5.41 Å². The monoisotopic (exact) mass is 276 g/mol. The summed E-state index contributed by atoms with van der Waals surface area (Å²) in [6.07, 6.45) is 1.17. The van der Waals surface area contributed by atoms with Crippen LogP contribution in [-0.4, -0.2) is 19.6 Å². The maximum atomic E-state index is 3.59. The van der Waals surface area contributed by atoms with Gasteiger partial charge in [0.1, 0.15) is 0 Å². The van der Waals surface area contributed by atoms with Crippen molar-refractivity contribution in [3.8, 4) is 0 Å². The molecule has 2 nitrogen and oxygen atoms in total. The van der Waals surface area contributed by atoms with Gasteiger partial charge in [-0.25, -0.2) is 0 Å². The molecule has 0 saturated heterocycles. The van der Waals surface area contributed by atoms with E-state index in [0.29, 0.717) is 12.1 Å². The maximum Gasteiger partial charge on any atom is 0.0414 e. The van der Waals surface area contributed by atoms with Gasteiger partial charge in [-0.05, 0) is 43.9 Å². The Morgan fingerprint density at radius 3 is 2.30 bits per heavy atom. The van der Waals surface area contributed by atoms with Crippen molar-refractivity contribution in [2.24, 2.45) is 5.41 Å². The lowest BCUT2D eigenvalue weighted by Gasteiger charge is -2.38. The largest absolute Gasteiger partial charge is 0.371 e. The van der Waals surface area contributed by atoms with Crippen LogP contribution in [0.4, 0.5) is 5.69 Å². The molecule has 0 amide bonds. The van der Waals surface area contributed by atoms with Gasteiger partial charge < -0.3 is 10.2 Å². The van der Waals surface area contributed by atoms with Gasteiger partial charge in [0.2, 0.25) is 0 Å². The molecule has 2 unspecified atom stereocenters. The zero-order valence-electron chi connectivity index (χ0n) is 14.3. The van der Waals surface area contributed by atoms with Crippen molar-refractivity contribution in [1.29, 1.82) is 0 Å². The van der Waals surface area contributed by atoms with Gasteiger partial charge in [-0.2, -0.15) is 0 Å². The third-order valence-corrected chi connectivity index (χ3v) is 4.32. The molecule has 1 rings (SSSR count). The minimum Gasteiger partial charge on any atom is -0.371 e. The molecular formula is C18H32N2. The van der Waals surface area contributed by atoms with Crippen LogP contribution in [0.1, 0.15) is 59.6 Å². The van der Waals surface area contributed by atoms with Crippen LogP contribution in [0.3, 0.4) is 0 Å². The van der Waals surface area contributed by atoms with E-state index >= 15 is 0 Å². The van der Waals surface area contributed by atoms with E-state index in [9.17, 15) is 0 Å². The molecule has 114 valence electrons. The summed E-state index contributed by atoms with van der Waals surface area (Å²) < 4.78 is 0.